The fraction of sp³-hybridized carbons (Fsp3) is 0.280. The minimum Gasteiger partial charge on any atom is -0.496 e. The van der Waals surface area contributed by atoms with E-state index in [4.69, 9.17) is 9.47 Å². The molecule has 3 aromatic rings. The van der Waals surface area contributed by atoms with E-state index in [0.29, 0.717) is 36.8 Å². The number of ether oxygens (including phenoxy) is 2. The number of rotatable bonds is 10. The summed E-state index contributed by atoms with van der Waals surface area (Å²) in [6, 6.07) is 13.4. The molecule has 0 saturated carbocycles. The summed E-state index contributed by atoms with van der Waals surface area (Å²) in [5.74, 6) is 1.20. The van der Waals surface area contributed by atoms with Gasteiger partial charge in [0.25, 0.3) is 0 Å². The second-order valence-electron chi connectivity index (χ2n) is 7.80. The number of nitrogens with one attached hydrogen (secondary N) is 1. The quantitative estimate of drug-likeness (QED) is 0.275. The Labute approximate surface area is 198 Å². The Bertz CT molecular complexity index is 1220. The molecule has 0 aliphatic rings. The standard InChI is InChI=1S/C25H28N4O5/c1-17-6-5-7-22(14-17)34-16-21-15-20(8-10-23(21)33-4)9-11-24(30)26-12-13-28-19(3)25(29(31)32)18(2)27-28/h5-11,14-15H,12-13,16H2,1-4H3,(H,26,30)/b11-9+. The van der Waals surface area contributed by atoms with Gasteiger partial charge in [-0.25, -0.2) is 0 Å². The van der Waals surface area contributed by atoms with Gasteiger partial charge in [-0.1, -0.05) is 18.2 Å². The third-order valence-corrected chi connectivity index (χ3v) is 5.26. The molecule has 0 aliphatic carbocycles. The molecule has 0 spiro atoms. The van der Waals surface area contributed by atoms with Gasteiger partial charge < -0.3 is 14.8 Å². The van der Waals surface area contributed by atoms with Crippen LogP contribution in [0.5, 0.6) is 11.5 Å². The fourth-order valence-electron chi connectivity index (χ4n) is 3.57. The maximum Gasteiger partial charge on any atom is 0.312 e. The van der Waals surface area contributed by atoms with Crippen LogP contribution in [0.3, 0.4) is 0 Å². The van der Waals surface area contributed by atoms with E-state index >= 15 is 0 Å². The predicted octanol–water partition coefficient (Wildman–Crippen LogP) is 4.13. The van der Waals surface area contributed by atoms with Crippen LogP contribution in [0.25, 0.3) is 6.08 Å². The number of aromatic nitrogens is 2. The van der Waals surface area contributed by atoms with Crippen LogP contribution < -0.4 is 14.8 Å². The average Bonchev–Trinajstić information content (AvgIpc) is 3.09. The molecule has 9 heteroatoms. The molecule has 0 aliphatic heterocycles. The summed E-state index contributed by atoms with van der Waals surface area (Å²) in [5, 5.41) is 18.1. The lowest BCUT2D eigenvalue weighted by atomic mass is 10.1. The van der Waals surface area contributed by atoms with Crippen molar-refractivity contribution >= 4 is 17.7 Å². The molecule has 34 heavy (non-hydrogen) atoms. The van der Waals surface area contributed by atoms with Crippen molar-refractivity contribution in [2.75, 3.05) is 13.7 Å². The fourth-order valence-corrected chi connectivity index (χ4v) is 3.57. The molecule has 0 saturated heterocycles. The first-order valence-corrected chi connectivity index (χ1v) is 10.8. The molecule has 0 fully saturated rings. The van der Waals surface area contributed by atoms with E-state index in [9.17, 15) is 14.9 Å². The number of nitro groups is 1. The molecule has 2 aromatic carbocycles. The summed E-state index contributed by atoms with van der Waals surface area (Å²) in [7, 11) is 1.60. The van der Waals surface area contributed by atoms with Gasteiger partial charge in [0.1, 0.15) is 29.5 Å². The smallest absolute Gasteiger partial charge is 0.312 e. The number of methoxy groups -OCH3 is 1. The lowest BCUT2D eigenvalue weighted by Gasteiger charge is -2.11. The predicted molar refractivity (Wildman–Crippen MR) is 129 cm³/mol. The first-order chi connectivity index (χ1) is 16.3. The Hall–Kier alpha value is -4.14. The number of hydrogen-bond donors (Lipinski definition) is 1. The van der Waals surface area contributed by atoms with Gasteiger partial charge in [0.15, 0.2) is 0 Å². The van der Waals surface area contributed by atoms with Gasteiger partial charge in [-0.15, -0.1) is 0 Å². The van der Waals surface area contributed by atoms with Crippen LogP contribution in [0, 0.1) is 30.9 Å². The molecule has 178 valence electrons. The van der Waals surface area contributed by atoms with Gasteiger partial charge >= 0.3 is 5.69 Å². The Morgan fingerprint density at radius 1 is 1.21 bits per heavy atom. The molecule has 1 amide bonds. The summed E-state index contributed by atoms with van der Waals surface area (Å²) in [6.07, 6.45) is 3.15. The maximum absolute atomic E-state index is 12.2. The first-order valence-electron chi connectivity index (χ1n) is 10.8. The highest BCUT2D eigenvalue weighted by molar-refractivity contribution is 5.91. The van der Waals surface area contributed by atoms with E-state index in [1.807, 2.05) is 49.4 Å². The molecular weight excluding hydrogens is 436 g/mol. The van der Waals surface area contributed by atoms with Crippen molar-refractivity contribution in [2.45, 2.75) is 33.9 Å². The largest absolute Gasteiger partial charge is 0.496 e. The zero-order valence-electron chi connectivity index (χ0n) is 19.7. The normalized spacial score (nSPS) is 10.9. The minimum absolute atomic E-state index is 0.00732. The molecule has 0 radical (unpaired) electrons. The Kier molecular flexibility index (Phi) is 8.02. The van der Waals surface area contributed by atoms with Crippen molar-refractivity contribution in [3.05, 3.63) is 86.7 Å². The number of aryl methyl sites for hydroxylation is 2. The van der Waals surface area contributed by atoms with Gasteiger partial charge in [-0.05, 0) is 62.2 Å². The molecule has 0 bridgehead atoms. The Morgan fingerprint density at radius 3 is 2.68 bits per heavy atom. The zero-order valence-corrected chi connectivity index (χ0v) is 19.7. The molecule has 9 nitrogen and oxygen atoms in total. The van der Waals surface area contributed by atoms with Crippen LogP contribution in [0.15, 0.2) is 48.5 Å². The van der Waals surface area contributed by atoms with E-state index < -0.39 is 4.92 Å². The first kappa shape index (κ1) is 24.5. The number of carbonyl (C=O) groups is 1. The molecule has 1 N–H and O–H groups in total. The topological polar surface area (TPSA) is 109 Å². The van der Waals surface area contributed by atoms with Crippen molar-refractivity contribution in [1.29, 1.82) is 0 Å². The van der Waals surface area contributed by atoms with Crippen molar-refractivity contribution in [1.82, 2.24) is 15.1 Å². The van der Waals surface area contributed by atoms with Gasteiger partial charge in [0.05, 0.1) is 18.6 Å². The van der Waals surface area contributed by atoms with E-state index in [2.05, 4.69) is 10.4 Å². The lowest BCUT2D eigenvalue weighted by Crippen LogP contribution is -2.26. The van der Waals surface area contributed by atoms with Crippen LogP contribution in [0.1, 0.15) is 28.1 Å². The summed E-state index contributed by atoms with van der Waals surface area (Å²) < 4.78 is 12.9. The van der Waals surface area contributed by atoms with E-state index in [0.717, 1.165) is 22.4 Å². The molecule has 3 rings (SSSR count). The van der Waals surface area contributed by atoms with Crippen LogP contribution in [0.4, 0.5) is 5.69 Å². The highest BCUT2D eigenvalue weighted by Crippen LogP contribution is 2.24. The lowest BCUT2D eigenvalue weighted by molar-refractivity contribution is -0.386. The van der Waals surface area contributed by atoms with Crippen molar-refractivity contribution in [2.24, 2.45) is 0 Å². The number of nitrogens with zero attached hydrogens (tertiary/aromatic N) is 3. The molecule has 1 heterocycles. The molecule has 1 aromatic heterocycles. The van der Waals surface area contributed by atoms with Gasteiger partial charge in [-0.2, -0.15) is 5.10 Å². The number of hydrogen-bond acceptors (Lipinski definition) is 6. The van der Waals surface area contributed by atoms with E-state index in [1.54, 1.807) is 27.0 Å². The summed E-state index contributed by atoms with van der Waals surface area (Å²) in [6.45, 7) is 6.20. The molecule has 0 unspecified atom stereocenters. The average molecular weight is 465 g/mol. The second-order valence-corrected chi connectivity index (χ2v) is 7.80. The SMILES string of the molecule is COc1ccc(/C=C/C(=O)NCCn2nc(C)c([N+](=O)[O-])c2C)cc1COc1cccc(C)c1. The molecular formula is C25H28N4O5. The van der Waals surface area contributed by atoms with Crippen molar-refractivity contribution < 1.29 is 19.2 Å². The van der Waals surface area contributed by atoms with Crippen molar-refractivity contribution in [3.63, 3.8) is 0 Å². The number of carbonyl (C=O) groups excluding carboxylic acids is 1. The third kappa shape index (κ3) is 6.22. The Morgan fingerprint density at radius 2 is 2.00 bits per heavy atom. The van der Waals surface area contributed by atoms with Gasteiger partial charge in [-0.3, -0.25) is 19.6 Å². The summed E-state index contributed by atoms with van der Waals surface area (Å²) in [4.78, 5) is 22.9. The van der Waals surface area contributed by atoms with Crippen LogP contribution in [-0.4, -0.2) is 34.3 Å². The number of amides is 1. The van der Waals surface area contributed by atoms with Gasteiger partial charge in [0, 0.05) is 18.2 Å². The zero-order chi connectivity index (χ0) is 24.7. The summed E-state index contributed by atoms with van der Waals surface area (Å²) in [5.41, 5.74) is 3.63. The second kappa shape index (κ2) is 11.1. The highest BCUT2D eigenvalue weighted by Gasteiger charge is 2.21. The van der Waals surface area contributed by atoms with Crippen LogP contribution in [-0.2, 0) is 17.9 Å². The Balaban J connectivity index is 1.58. The summed E-state index contributed by atoms with van der Waals surface area (Å²) >= 11 is 0. The monoisotopic (exact) mass is 464 g/mol. The highest BCUT2D eigenvalue weighted by atomic mass is 16.6. The van der Waals surface area contributed by atoms with E-state index in [1.165, 1.54) is 10.8 Å². The van der Waals surface area contributed by atoms with Gasteiger partial charge in [0.2, 0.25) is 5.91 Å². The maximum atomic E-state index is 12.2. The van der Waals surface area contributed by atoms with Crippen LogP contribution >= 0.6 is 0 Å². The van der Waals surface area contributed by atoms with E-state index in [-0.39, 0.29) is 11.6 Å². The molecule has 0 atom stereocenters. The third-order valence-electron chi connectivity index (χ3n) is 5.26. The minimum atomic E-state index is -0.440. The van der Waals surface area contributed by atoms with Crippen LogP contribution in [0.2, 0.25) is 0 Å². The number of benzene rings is 2. The van der Waals surface area contributed by atoms with Crippen molar-refractivity contribution in [3.8, 4) is 11.5 Å².